The fourth-order valence-electron chi connectivity index (χ4n) is 2.38. The molecule has 1 fully saturated rings. The summed E-state index contributed by atoms with van der Waals surface area (Å²) in [5, 5.41) is 5.41. The number of rotatable bonds is 4. The molecule has 98 valence electrons. The van der Waals surface area contributed by atoms with E-state index in [1.54, 1.807) is 0 Å². The first-order valence-corrected chi connectivity index (χ1v) is 7.77. The van der Waals surface area contributed by atoms with Crippen LogP contribution in [-0.4, -0.2) is 23.5 Å². The van der Waals surface area contributed by atoms with E-state index >= 15 is 0 Å². The van der Waals surface area contributed by atoms with E-state index in [2.05, 4.69) is 38.0 Å². The molecule has 0 radical (unpaired) electrons. The second-order valence-electron chi connectivity index (χ2n) is 6.85. The summed E-state index contributed by atoms with van der Waals surface area (Å²) in [6, 6.07) is 0. The number of thioether (sulfide) groups is 1. The Morgan fingerprint density at radius 3 is 2.71 bits per heavy atom. The van der Waals surface area contributed by atoms with Crippen molar-refractivity contribution in [1.82, 2.24) is 5.32 Å². The van der Waals surface area contributed by atoms with Gasteiger partial charge in [-0.05, 0) is 36.5 Å². The van der Waals surface area contributed by atoms with Crippen molar-refractivity contribution in [2.75, 3.05) is 13.1 Å². The highest BCUT2D eigenvalue weighted by molar-refractivity contribution is 8.14. The van der Waals surface area contributed by atoms with Crippen LogP contribution in [0.25, 0.3) is 0 Å². The molecule has 0 aromatic heterocycles. The molecule has 2 unspecified atom stereocenters. The van der Waals surface area contributed by atoms with Gasteiger partial charge in [-0.15, -0.1) is 0 Å². The normalized spacial score (nSPS) is 26.8. The first-order chi connectivity index (χ1) is 7.94. The van der Waals surface area contributed by atoms with Gasteiger partial charge in [-0.2, -0.15) is 0 Å². The van der Waals surface area contributed by atoms with Crippen LogP contribution >= 0.6 is 11.8 Å². The van der Waals surface area contributed by atoms with Gasteiger partial charge in [-0.1, -0.05) is 39.5 Å². The zero-order chi connectivity index (χ0) is 12.5. The van der Waals surface area contributed by atoms with Gasteiger partial charge in [0.25, 0.3) is 0 Å². The number of amidine groups is 1. The third-order valence-electron chi connectivity index (χ3n) is 3.56. The Bertz CT molecular complexity index is 289. The highest BCUT2D eigenvalue weighted by atomic mass is 32.2. The SMILES string of the molecule is CC(CNC1=NCC(CC(C)(C)C)S1)C1CC1. The van der Waals surface area contributed by atoms with E-state index in [4.69, 9.17) is 0 Å². The average molecular weight is 254 g/mol. The Labute approximate surface area is 110 Å². The first-order valence-electron chi connectivity index (χ1n) is 6.89. The van der Waals surface area contributed by atoms with Gasteiger partial charge in [0, 0.05) is 11.8 Å². The van der Waals surface area contributed by atoms with Gasteiger partial charge in [0.1, 0.15) is 0 Å². The van der Waals surface area contributed by atoms with Crippen molar-refractivity contribution in [3.8, 4) is 0 Å². The van der Waals surface area contributed by atoms with Crippen LogP contribution in [-0.2, 0) is 0 Å². The van der Waals surface area contributed by atoms with Crippen molar-refractivity contribution in [3.05, 3.63) is 0 Å². The van der Waals surface area contributed by atoms with Crippen molar-refractivity contribution >= 4 is 16.9 Å². The minimum atomic E-state index is 0.421. The van der Waals surface area contributed by atoms with Gasteiger partial charge >= 0.3 is 0 Å². The van der Waals surface area contributed by atoms with E-state index in [1.165, 1.54) is 24.4 Å². The Morgan fingerprint density at radius 2 is 2.12 bits per heavy atom. The van der Waals surface area contributed by atoms with Gasteiger partial charge in [0.15, 0.2) is 5.17 Å². The molecule has 2 atom stereocenters. The third kappa shape index (κ3) is 4.53. The largest absolute Gasteiger partial charge is 0.365 e. The molecule has 0 spiro atoms. The van der Waals surface area contributed by atoms with Gasteiger partial charge in [-0.25, -0.2) is 0 Å². The van der Waals surface area contributed by atoms with E-state index in [0.29, 0.717) is 10.7 Å². The molecule has 2 nitrogen and oxygen atoms in total. The summed E-state index contributed by atoms with van der Waals surface area (Å²) in [7, 11) is 0. The Morgan fingerprint density at radius 1 is 1.41 bits per heavy atom. The molecule has 1 heterocycles. The highest BCUT2D eigenvalue weighted by Crippen LogP contribution is 2.36. The van der Waals surface area contributed by atoms with E-state index in [0.717, 1.165) is 24.9 Å². The average Bonchev–Trinajstić information content (AvgIpc) is 2.96. The minimum absolute atomic E-state index is 0.421. The third-order valence-corrected chi connectivity index (χ3v) is 4.70. The molecular weight excluding hydrogens is 228 g/mol. The topological polar surface area (TPSA) is 24.4 Å². The monoisotopic (exact) mass is 254 g/mol. The van der Waals surface area contributed by atoms with Crippen molar-refractivity contribution < 1.29 is 0 Å². The summed E-state index contributed by atoms with van der Waals surface area (Å²) in [5.41, 5.74) is 0.421. The molecule has 2 aliphatic rings. The van der Waals surface area contributed by atoms with E-state index in [9.17, 15) is 0 Å². The molecule has 2 rings (SSSR count). The number of nitrogens with zero attached hydrogens (tertiary/aromatic N) is 1. The second-order valence-corrected chi connectivity index (χ2v) is 8.14. The smallest absolute Gasteiger partial charge is 0.156 e. The van der Waals surface area contributed by atoms with Gasteiger partial charge in [-0.3, -0.25) is 4.99 Å². The number of aliphatic imine (C=N–C) groups is 1. The fourth-order valence-corrected chi connectivity index (χ4v) is 3.75. The van der Waals surface area contributed by atoms with Crippen LogP contribution in [0.3, 0.4) is 0 Å². The maximum Gasteiger partial charge on any atom is 0.156 e. The van der Waals surface area contributed by atoms with Crippen molar-refractivity contribution in [3.63, 3.8) is 0 Å². The summed E-state index contributed by atoms with van der Waals surface area (Å²) in [6.45, 7) is 11.4. The molecule has 1 saturated carbocycles. The van der Waals surface area contributed by atoms with Crippen molar-refractivity contribution in [2.24, 2.45) is 22.2 Å². The molecule has 0 bridgehead atoms. The molecule has 17 heavy (non-hydrogen) atoms. The molecule has 0 aromatic carbocycles. The van der Waals surface area contributed by atoms with Crippen LogP contribution in [0.5, 0.6) is 0 Å². The molecular formula is C14H26N2S. The van der Waals surface area contributed by atoms with Crippen LogP contribution in [0, 0.1) is 17.3 Å². The zero-order valence-corrected chi connectivity index (χ0v) is 12.4. The molecule has 0 aromatic rings. The van der Waals surface area contributed by atoms with Crippen LogP contribution in [0.2, 0.25) is 0 Å². The quantitative estimate of drug-likeness (QED) is 0.830. The van der Waals surface area contributed by atoms with Gasteiger partial charge in [0.05, 0.1) is 6.54 Å². The first kappa shape index (κ1) is 13.3. The highest BCUT2D eigenvalue weighted by Gasteiger charge is 2.29. The van der Waals surface area contributed by atoms with Crippen molar-refractivity contribution in [1.29, 1.82) is 0 Å². The summed E-state index contributed by atoms with van der Waals surface area (Å²) in [4.78, 5) is 4.62. The predicted octanol–water partition coefficient (Wildman–Crippen LogP) is 3.53. The number of nitrogens with one attached hydrogen (secondary N) is 1. The van der Waals surface area contributed by atoms with E-state index in [1.807, 2.05) is 11.8 Å². The standard InChI is InChI=1S/C14H26N2S/c1-10(11-5-6-11)8-15-13-16-9-12(17-13)7-14(2,3)4/h10-12H,5-9H2,1-4H3,(H,15,16). The number of hydrogen-bond donors (Lipinski definition) is 1. The second kappa shape index (κ2) is 5.21. The lowest BCUT2D eigenvalue weighted by atomic mass is 9.90. The van der Waals surface area contributed by atoms with Crippen molar-refractivity contribution in [2.45, 2.75) is 52.2 Å². The Hall–Kier alpha value is -0.180. The lowest BCUT2D eigenvalue weighted by Crippen LogP contribution is -2.26. The molecule has 0 amide bonds. The molecule has 3 heteroatoms. The predicted molar refractivity (Wildman–Crippen MR) is 77.6 cm³/mol. The summed E-state index contributed by atoms with van der Waals surface area (Å²) >= 11 is 1.95. The summed E-state index contributed by atoms with van der Waals surface area (Å²) in [6.07, 6.45) is 4.13. The fraction of sp³-hybridized carbons (Fsp3) is 0.929. The maximum absolute atomic E-state index is 4.62. The van der Waals surface area contributed by atoms with Crippen LogP contribution in [0.1, 0.15) is 47.0 Å². The van der Waals surface area contributed by atoms with Gasteiger partial charge in [0.2, 0.25) is 0 Å². The lowest BCUT2D eigenvalue weighted by Gasteiger charge is -2.21. The zero-order valence-electron chi connectivity index (χ0n) is 11.6. The van der Waals surface area contributed by atoms with Crippen LogP contribution in [0.15, 0.2) is 4.99 Å². The molecule has 1 aliphatic heterocycles. The van der Waals surface area contributed by atoms with Crippen LogP contribution in [0.4, 0.5) is 0 Å². The number of hydrogen-bond acceptors (Lipinski definition) is 3. The minimum Gasteiger partial charge on any atom is -0.365 e. The Balaban J connectivity index is 1.66. The van der Waals surface area contributed by atoms with E-state index in [-0.39, 0.29) is 0 Å². The van der Waals surface area contributed by atoms with Gasteiger partial charge < -0.3 is 5.32 Å². The molecule has 1 N–H and O–H groups in total. The molecule has 0 saturated heterocycles. The van der Waals surface area contributed by atoms with Crippen LogP contribution < -0.4 is 5.32 Å². The summed E-state index contributed by atoms with van der Waals surface area (Å²) < 4.78 is 0. The lowest BCUT2D eigenvalue weighted by molar-refractivity contribution is 0.375. The maximum atomic E-state index is 4.62. The Kier molecular flexibility index (Phi) is 4.06. The summed E-state index contributed by atoms with van der Waals surface area (Å²) in [5.74, 6) is 1.81. The molecule has 1 aliphatic carbocycles. The van der Waals surface area contributed by atoms with E-state index < -0.39 is 0 Å².